The second-order valence-corrected chi connectivity index (χ2v) is 10.4. The number of esters is 1. The Morgan fingerprint density at radius 1 is 1.06 bits per heavy atom. The van der Waals surface area contributed by atoms with Crippen LogP contribution in [0.5, 0.6) is 0 Å². The fourth-order valence-corrected chi connectivity index (χ4v) is 6.06. The number of fused-ring (bicyclic) bond motifs is 1. The molecule has 3 aromatic rings. The van der Waals surface area contributed by atoms with E-state index in [0.29, 0.717) is 29.6 Å². The Labute approximate surface area is 199 Å². The molecule has 1 aromatic heterocycles. The molecule has 1 fully saturated rings. The largest absolute Gasteiger partial charge is 0.465 e. The van der Waals surface area contributed by atoms with Gasteiger partial charge in [-0.05, 0) is 62.1 Å². The molecule has 0 aliphatic heterocycles. The van der Waals surface area contributed by atoms with Crippen molar-refractivity contribution in [1.82, 2.24) is 0 Å². The average Bonchev–Trinajstić information content (AvgIpc) is 3.19. The third kappa shape index (κ3) is 4.34. The highest BCUT2D eigenvalue weighted by Crippen LogP contribution is 2.35. The molecule has 0 N–H and O–H groups in total. The number of rotatable bonds is 6. The number of hydrogen-bond donors (Lipinski definition) is 0. The molecule has 4 rings (SSSR count). The first kappa shape index (κ1) is 24.0. The number of methoxy groups -OCH3 is 1. The summed E-state index contributed by atoms with van der Waals surface area (Å²) in [5.41, 5.74) is 1.81. The zero-order chi connectivity index (χ0) is 24.5. The molecule has 0 unspecified atom stereocenters. The first-order valence-electron chi connectivity index (χ1n) is 11.6. The number of hydrogen-bond acceptors (Lipinski definition) is 6. The van der Waals surface area contributed by atoms with Crippen LogP contribution in [0.2, 0.25) is 0 Å². The number of carbonyl (C=O) groups excluding carboxylic acids is 2. The quantitative estimate of drug-likeness (QED) is 0.436. The third-order valence-electron chi connectivity index (χ3n) is 6.50. The smallest absolute Gasteiger partial charge is 0.342 e. The first-order chi connectivity index (χ1) is 16.3. The number of aryl methyl sites for hydroxylation is 2. The Hall–Kier alpha value is -3.13. The Balaban J connectivity index is 1.87. The van der Waals surface area contributed by atoms with E-state index in [-0.39, 0.29) is 22.1 Å². The van der Waals surface area contributed by atoms with Crippen LogP contribution >= 0.6 is 0 Å². The summed E-state index contributed by atoms with van der Waals surface area (Å²) in [6.07, 6.45) is 4.90. The number of carbonyl (C=O) groups is 2. The highest BCUT2D eigenvalue weighted by molar-refractivity contribution is 7.93. The van der Waals surface area contributed by atoms with Crippen LogP contribution in [-0.2, 0) is 26.0 Å². The summed E-state index contributed by atoms with van der Waals surface area (Å²) in [7, 11) is -2.92. The second-order valence-electron chi connectivity index (χ2n) is 8.65. The van der Waals surface area contributed by atoms with Gasteiger partial charge in [0.25, 0.3) is 10.0 Å². The highest BCUT2D eigenvalue weighted by atomic mass is 32.2. The van der Waals surface area contributed by atoms with Gasteiger partial charge in [0, 0.05) is 11.3 Å². The lowest BCUT2D eigenvalue weighted by Crippen LogP contribution is -2.41. The second kappa shape index (κ2) is 9.62. The fraction of sp³-hybridized carbons (Fsp3) is 0.385. The molecule has 34 heavy (non-hydrogen) atoms. The number of ether oxygens (including phenoxy) is 1. The molecular weight excluding hydrogens is 454 g/mol. The van der Waals surface area contributed by atoms with Gasteiger partial charge in [0.2, 0.25) is 5.91 Å². The summed E-state index contributed by atoms with van der Waals surface area (Å²) in [4.78, 5) is 26.1. The van der Waals surface area contributed by atoms with E-state index in [1.54, 1.807) is 31.2 Å². The summed E-state index contributed by atoms with van der Waals surface area (Å²) in [6, 6.07) is 11.2. The molecule has 0 spiro atoms. The molecule has 180 valence electrons. The van der Waals surface area contributed by atoms with Crippen LogP contribution in [0.15, 0.2) is 51.8 Å². The minimum atomic E-state index is -4.19. The molecular formula is C26H29NO6S. The van der Waals surface area contributed by atoms with Crippen molar-refractivity contribution in [3.63, 3.8) is 0 Å². The van der Waals surface area contributed by atoms with Gasteiger partial charge in [-0.2, -0.15) is 0 Å². The summed E-state index contributed by atoms with van der Waals surface area (Å²) < 4.78 is 39.1. The van der Waals surface area contributed by atoms with E-state index in [1.165, 1.54) is 25.3 Å². The number of nitrogens with zero attached hydrogens (tertiary/aromatic N) is 1. The van der Waals surface area contributed by atoms with E-state index >= 15 is 0 Å². The van der Waals surface area contributed by atoms with Crippen molar-refractivity contribution in [1.29, 1.82) is 0 Å². The van der Waals surface area contributed by atoms with Gasteiger partial charge in [-0.1, -0.05) is 38.3 Å². The van der Waals surface area contributed by atoms with E-state index in [1.807, 2.05) is 6.92 Å². The molecule has 1 heterocycles. The number of amides is 1. The molecule has 0 saturated heterocycles. The maximum Gasteiger partial charge on any atom is 0.342 e. The van der Waals surface area contributed by atoms with E-state index < -0.39 is 21.9 Å². The Kier molecular flexibility index (Phi) is 6.79. The van der Waals surface area contributed by atoms with Gasteiger partial charge in [0.15, 0.2) is 0 Å². The van der Waals surface area contributed by atoms with Gasteiger partial charge in [-0.25, -0.2) is 17.5 Å². The van der Waals surface area contributed by atoms with Crippen molar-refractivity contribution < 1.29 is 27.2 Å². The Morgan fingerprint density at radius 2 is 1.74 bits per heavy atom. The van der Waals surface area contributed by atoms with Crippen LogP contribution < -0.4 is 4.31 Å². The SMILES string of the molecule is CCc1ccc(S(=O)(=O)N(C(=O)C2CCCCC2)c2ccc3oc(C)c(C(=O)OC)c3c2)cc1. The van der Waals surface area contributed by atoms with E-state index in [2.05, 4.69) is 0 Å². The van der Waals surface area contributed by atoms with Gasteiger partial charge in [0.05, 0.1) is 17.7 Å². The van der Waals surface area contributed by atoms with Crippen molar-refractivity contribution in [2.75, 3.05) is 11.4 Å². The van der Waals surface area contributed by atoms with Gasteiger partial charge in [0.1, 0.15) is 16.9 Å². The van der Waals surface area contributed by atoms with E-state index in [9.17, 15) is 18.0 Å². The number of sulfonamides is 1. The fourth-order valence-electron chi connectivity index (χ4n) is 4.59. The third-order valence-corrected chi connectivity index (χ3v) is 8.24. The molecule has 0 bridgehead atoms. The minimum Gasteiger partial charge on any atom is -0.465 e. The molecule has 1 aliphatic carbocycles. The number of benzene rings is 2. The van der Waals surface area contributed by atoms with Gasteiger partial charge < -0.3 is 9.15 Å². The summed E-state index contributed by atoms with van der Waals surface area (Å²) >= 11 is 0. The number of furan rings is 1. The Morgan fingerprint density at radius 3 is 2.35 bits per heavy atom. The molecule has 8 heteroatoms. The van der Waals surface area contributed by atoms with Gasteiger partial charge in [-0.15, -0.1) is 0 Å². The Bertz CT molecular complexity index is 1320. The average molecular weight is 484 g/mol. The van der Waals surface area contributed by atoms with Crippen molar-refractivity contribution in [2.45, 2.75) is 57.3 Å². The molecule has 7 nitrogen and oxygen atoms in total. The molecule has 2 aromatic carbocycles. The van der Waals surface area contributed by atoms with Crippen LogP contribution in [0, 0.1) is 12.8 Å². The van der Waals surface area contributed by atoms with Crippen molar-refractivity contribution in [3.05, 3.63) is 59.4 Å². The lowest BCUT2D eigenvalue weighted by atomic mass is 9.88. The predicted molar refractivity (Wildman–Crippen MR) is 129 cm³/mol. The number of anilines is 1. The molecule has 0 radical (unpaired) electrons. The molecule has 1 saturated carbocycles. The highest BCUT2D eigenvalue weighted by Gasteiger charge is 2.36. The van der Waals surface area contributed by atoms with Gasteiger partial charge in [-0.3, -0.25) is 4.79 Å². The van der Waals surface area contributed by atoms with Crippen molar-refractivity contribution in [2.24, 2.45) is 5.92 Å². The summed E-state index contributed by atoms with van der Waals surface area (Å²) in [5.74, 6) is -1.04. The maximum atomic E-state index is 13.8. The topological polar surface area (TPSA) is 93.9 Å². The summed E-state index contributed by atoms with van der Waals surface area (Å²) in [6.45, 7) is 3.63. The maximum absolute atomic E-state index is 13.8. The monoisotopic (exact) mass is 483 g/mol. The minimum absolute atomic E-state index is 0.0468. The van der Waals surface area contributed by atoms with Crippen LogP contribution in [0.4, 0.5) is 5.69 Å². The lowest BCUT2D eigenvalue weighted by molar-refractivity contribution is -0.122. The van der Waals surface area contributed by atoms with Crippen molar-refractivity contribution in [3.8, 4) is 0 Å². The van der Waals surface area contributed by atoms with Crippen molar-refractivity contribution >= 4 is 38.6 Å². The van der Waals surface area contributed by atoms with Crippen LogP contribution in [0.1, 0.15) is 60.7 Å². The van der Waals surface area contributed by atoms with Crippen LogP contribution in [0.3, 0.4) is 0 Å². The first-order valence-corrected chi connectivity index (χ1v) is 13.0. The van der Waals surface area contributed by atoms with E-state index in [0.717, 1.165) is 35.6 Å². The molecule has 0 atom stereocenters. The summed E-state index contributed by atoms with van der Waals surface area (Å²) in [5, 5.41) is 0.403. The van der Waals surface area contributed by atoms with Gasteiger partial charge >= 0.3 is 5.97 Å². The normalized spacial score (nSPS) is 14.8. The van der Waals surface area contributed by atoms with Crippen LogP contribution in [0.25, 0.3) is 11.0 Å². The zero-order valence-corrected chi connectivity index (χ0v) is 20.5. The molecule has 1 aliphatic rings. The van der Waals surface area contributed by atoms with Crippen LogP contribution in [-0.4, -0.2) is 27.4 Å². The zero-order valence-electron chi connectivity index (χ0n) is 19.7. The lowest BCUT2D eigenvalue weighted by Gasteiger charge is -2.29. The predicted octanol–water partition coefficient (Wildman–Crippen LogP) is 5.39. The molecule has 1 amide bonds. The standard InChI is InChI=1S/C26H29NO6S/c1-4-18-10-13-21(14-11-18)34(30,31)27(25(28)19-8-6-5-7-9-19)20-12-15-23-22(16-20)24(17(2)33-23)26(29)32-3/h10-16,19H,4-9H2,1-3H3. The van der Waals surface area contributed by atoms with E-state index in [4.69, 9.17) is 9.15 Å².